The molecule has 10 heteroatoms. The molecule has 3 rings (SSSR count). The van der Waals surface area contributed by atoms with Crippen LogP contribution in [0.3, 0.4) is 0 Å². The van der Waals surface area contributed by atoms with Crippen molar-refractivity contribution in [2.45, 2.75) is 25.7 Å². The van der Waals surface area contributed by atoms with E-state index >= 15 is 0 Å². The van der Waals surface area contributed by atoms with Gasteiger partial charge in [0.1, 0.15) is 13.2 Å². The van der Waals surface area contributed by atoms with Crippen molar-refractivity contribution >= 4 is 40.9 Å². The van der Waals surface area contributed by atoms with Crippen LogP contribution in [0, 0.1) is 12.3 Å². The second-order valence-electron chi connectivity index (χ2n) is 8.80. The maximum absolute atomic E-state index is 11.6. The van der Waals surface area contributed by atoms with Gasteiger partial charge in [0, 0.05) is 47.7 Å². The number of carboxylic acids is 2. The Balaban J connectivity index is 0.000000642. The summed E-state index contributed by atoms with van der Waals surface area (Å²) in [4.78, 5) is 33.1. The fourth-order valence-electron chi connectivity index (χ4n) is 4.01. The van der Waals surface area contributed by atoms with Crippen molar-refractivity contribution in [3.8, 4) is 12.3 Å². The van der Waals surface area contributed by atoms with Gasteiger partial charge < -0.3 is 29.9 Å². The summed E-state index contributed by atoms with van der Waals surface area (Å²) < 4.78 is 10.1. The SMILES string of the molecule is C#CCOCCOC(=O)/C=C/CNCCCCN1c2ccccc2CCc2ccc(Cl)cc21.O=C(O)/C=C\C(=O)O. The molecule has 0 radical (unpaired) electrons. The number of aryl methyl sites for hydroxylation is 2. The third kappa shape index (κ3) is 13.2. The number of halogens is 1. The number of nitrogens with one attached hydrogen (secondary N) is 1. The minimum absolute atomic E-state index is 0.201. The Hall–Kier alpha value is -4.10. The van der Waals surface area contributed by atoms with Crippen LogP contribution >= 0.6 is 11.6 Å². The van der Waals surface area contributed by atoms with Crippen molar-refractivity contribution in [3.63, 3.8) is 0 Å². The molecule has 0 saturated heterocycles. The molecule has 1 heterocycles. The number of aliphatic carboxylic acids is 2. The second-order valence-corrected chi connectivity index (χ2v) is 9.24. The monoisotopic (exact) mass is 582 g/mol. The molecule has 1 aliphatic heterocycles. The second kappa shape index (κ2) is 19.1. The minimum atomic E-state index is -1.26. The zero-order valence-corrected chi connectivity index (χ0v) is 23.5. The Kier molecular flexibility index (Phi) is 15.4. The van der Waals surface area contributed by atoms with Crippen molar-refractivity contribution in [2.24, 2.45) is 0 Å². The van der Waals surface area contributed by atoms with Gasteiger partial charge in [0.05, 0.1) is 6.61 Å². The fourth-order valence-corrected chi connectivity index (χ4v) is 4.18. The molecule has 2 aromatic carbocycles. The number of ether oxygens (including phenoxy) is 2. The molecular formula is C31H35ClN2O7. The molecule has 218 valence electrons. The highest BCUT2D eigenvalue weighted by molar-refractivity contribution is 6.30. The summed E-state index contributed by atoms with van der Waals surface area (Å²) in [5.74, 6) is -0.533. The van der Waals surface area contributed by atoms with Gasteiger partial charge >= 0.3 is 17.9 Å². The van der Waals surface area contributed by atoms with Crippen molar-refractivity contribution in [1.29, 1.82) is 0 Å². The van der Waals surface area contributed by atoms with Gasteiger partial charge in [-0.25, -0.2) is 14.4 Å². The Morgan fingerprint density at radius 2 is 1.68 bits per heavy atom. The van der Waals surface area contributed by atoms with Gasteiger partial charge in [0.25, 0.3) is 0 Å². The van der Waals surface area contributed by atoms with Crippen LogP contribution in [0.25, 0.3) is 0 Å². The van der Waals surface area contributed by atoms with E-state index in [-0.39, 0.29) is 19.2 Å². The molecule has 2 aromatic rings. The van der Waals surface area contributed by atoms with E-state index in [9.17, 15) is 14.4 Å². The summed E-state index contributed by atoms with van der Waals surface area (Å²) in [5, 5.41) is 19.7. The van der Waals surface area contributed by atoms with Crippen LogP contribution in [-0.4, -0.2) is 67.6 Å². The Morgan fingerprint density at radius 1 is 0.976 bits per heavy atom. The van der Waals surface area contributed by atoms with E-state index in [2.05, 4.69) is 52.5 Å². The third-order valence-electron chi connectivity index (χ3n) is 5.81. The maximum Gasteiger partial charge on any atom is 0.330 e. The summed E-state index contributed by atoms with van der Waals surface area (Å²) in [6.45, 7) is 3.15. The van der Waals surface area contributed by atoms with Gasteiger partial charge in [-0.2, -0.15) is 0 Å². The lowest BCUT2D eigenvalue weighted by Gasteiger charge is -2.27. The molecule has 0 aliphatic carbocycles. The van der Waals surface area contributed by atoms with E-state index in [0.717, 1.165) is 43.8 Å². The van der Waals surface area contributed by atoms with E-state index in [1.165, 1.54) is 28.6 Å². The number of carbonyl (C=O) groups excluding carboxylic acids is 1. The number of anilines is 2. The predicted octanol–water partition coefficient (Wildman–Crippen LogP) is 4.41. The number of nitrogens with zero attached hydrogens (tertiary/aromatic N) is 1. The molecule has 0 spiro atoms. The predicted molar refractivity (Wildman–Crippen MR) is 159 cm³/mol. The summed E-state index contributed by atoms with van der Waals surface area (Å²) in [7, 11) is 0. The molecule has 0 saturated carbocycles. The van der Waals surface area contributed by atoms with Crippen LogP contribution in [0.15, 0.2) is 66.8 Å². The number of unbranched alkanes of at least 4 members (excludes halogenated alkanes) is 1. The van der Waals surface area contributed by atoms with Crippen molar-refractivity contribution in [2.75, 3.05) is 44.4 Å². The van der Waals surface area contributed by atoms with Crippen LogP contribution in [0.1, 0.15) is 24.0 Å². The molecule has 1 aliphatic rings. The molecule has 0 aromatic heterocycles. The zero-order valence-electron chi connectivity index (χ0n) is 22.8. The van der Waals surface area contributed by atoms with E-state index in [0.29, 0.717) is 25.3 Å². The van der Waals surface area contributed by atoms with E-state index in [1.807, 2.05) is 6.07 Å². The van der Waals surface area contributed by atoms with E-state index in [4.69, 9.17) is 37.7 Å². The number of carbonyl (C=O) groups is 3. The van der Waals surface area contributed by atoms with Crippen LogP contribution in [-0.2, 0) is 36.7 Å². The van der Waals surface area contributed by atoms with Gasteiger partial charge in [0.2, 0.25) is 0 Å². The Morgan fingerprint density at radius 3 is 2.39 bits per heavy atom. The first-order valence-corrected chi connectivity index (χ1v) is 13.5. The normalized spacial score (nSPS) is 12.0. The highest BCUT2D eigenvalue weighted by atomic mass is 35.5. The number of hydrogen-bond donors (Lipinski definition) is 3. The van der Waals surface area contributed by atoms with Crippen molar-refractivity contribution in [1.82, 2.24) is 5.32 Å². The number of carboxylic acid groups (broad SMARTS) is 2. The molecule has 41 heavy (non-hydrogen) atoms. The number of fused-ring (bicyclic) bond motifs is 2. The van der Waals surface area contributed by atoms with Crippen molar-refractivity contribution in [3.05, 3.63) is 82.9 Å². The number of para-hydroxylation sites is 1. The average Bonchev–Trinajstić information content (AvgIpc) is 3.10. The average molecular weight is 583 g/mol. The van der Waals surface area contributed by atoms with Crippen LogP contribution < -0.4 is 10.2 Å². The number of rotatable bonds is 14. The van der Waals surface area contributed by atoms with Crippen molar-refractivity contribution < 1.29 is 34.1 Å². The summed E-state index contributed by atoms with van der Waals surface area (Å²) >= 11 is 6.34. The standard InChI is InChI=1S/C27H31ClN2O3.C4H4O4/c1-2-18-32-19-20-33-27(31)10-7-16-29-15-5-6-17-30-25-9-4-3-8-22(25)11-12-23-13-14-24(28)21-26(23)30;5-3(6)1-2-4(7)8/h1,3-4,7-10,13-14,21,29H,5-6,11-12,15-20H2;1-2H,(H,5,6)(H,7,8)/b10-7+;2-1-. The third-order valence-corrected chi connectivity index (χ3v) is 6.05. The molecule has 0 bridgehead atoms. The van der Waals surface area contributed by atoms with Crippen LogP contribution in [0.2, 0.25) is 5.02 Å². The summed E-state index contributed by atoms with van der Waals surface area (Å²) in [5.41, 5.74) is 5.21. The lowest BCUT2D eigenvalue weighted by Crippen LogP contribution is -2.22. The van der Waals surface area contributed by atoms with Gasteiger partial charge in [-0.1, -0.05) is 47.9 Å². The van der Waals surface area contributed by atoms with E-state index < -0.39 is 11.9 Å². The highest BCUT2D eigenvalue weighted by Crippen LogP contribution is 2.37. The fraction of sp³-hybridized carbons (Fsp3) is 0.323. The molecule has 3 N–H and O–H groups in total. The molecule has 0 atom stereocenters. The van der Waals surface area contributed by atoms with Crippen LogP contribution in [0.5, 0.6) is 0 Å². The number of benzene rings is 2. The van der Waals surface area contributed by atoms with E-state index in [1.54, 1.807) is 6.08 Å². The molecule has 0 amide bonds. The van der Waals surface area contributed by atoms with Gasteiger partial charge in [-0.15, -0.1) is 6.42 Å². The largest absolute Gasteiger partial charge is 0.478 e. The quantitative estimate of drug-likeness (QED) is 0.128. The van der Waals surface area contributed by atoms with Gasteiger partial charge in [-0.3, -0.25) is 0 Å². The first-order valence-electron chi connectivity index (χ1n) is 13.1. The smallest absolute Gasteiger partial charge is 0.330 e. The number of terminal acetylenes is 1. The van der Waals surface area contributed by atoms with Gasteiger partial charge in [-0.05, 0) is 61.6 Å². The first-order chi connectivity index (χ1) is 19.8. The summed E-state index contributed by atoms with van der Waals surface area (Å²) in [6.07, 6.45) is 13.5. The Bertz CT molecular complexity index is 1240. The number of hydrogen-bond acceptors (Lipinski definition) is 7. The molecule has 9 nitrogen and oxygen atoms in total. The summed E-state index contributed by atoms with van der Waals surface area (Å²) in [6, 6.07) is 14.9. The minimum Gasteiger partial charge on any atom is -0.478 e. The zero-order chi connectivity index (χ0) is 29.9. The lowest BCUT2D eigenvalue weighted by molar-refractivity contribution is -0.139. The number of esters is 1. The maximum atomic E-state index is 11.6. The molecular weight excluding hydrogens is 548 g/mol. The Labute approximate surface area is 245 Å². The highest BCUT2D eigenvalue weighted by Gasteiger charge is 2.20. The van der Waals surface area contributed by atoms with Gasteiger partial charge in [0.15, 0.2) is 0 Å². The molecule has 0 unspecified atom stereocenters. The van der Waals surface area contributed by atoms with Crippen LogP contribution in [0.4, 0.5) is 11.4 Å². The first kappa shape index (κ1) is 33.1. The molecule has 0 fully saturated rings. The lowest BCUT2D eigenvalue weighted by atomic mass is 10.0. The topological polar surface area (TPSA) is 125 Å².